The Morgan fingerprint density at radius 1 is 1.13 bits per heavy atom. The van der Waals surface area contributed by atoms with E-state index in [0.717, 1.165) is 19.6 Å². The van der Waals surface area contributed by atoms with Crippen LogP contribution in [0, 0.1) is 0 Å². The van der Waals surface area contributed by atoms with Gasteiger partial charge in [0.2, 0.25) is 0 Å². The van der Waals surface area contributed by atoms with E-state index in [1.54, 1.807) is 0 Å². The number of likely N-dealkylation sites (tertiary alicyclic amines) is 1. The molecule has 90 valence electrons. The molecule has 1 rings (SSSR count). The van der Waals surface area contributed by atoms with E-state index < -0.39 is 0 Å². The summed E-state index contributed by atoms with van der Waals surface area (Å²) in [4.78, 5) is 2.42. The average molecular weight is 214 g/mol. The van der Waals surface area contributed by atoms with Crippen LogP contribution in [0.5, 0.6) is 0 Å². The molecular formula is C12H26N2O. The first-order chi connectivity index (χ1) is 7.33. The maximum absolute atomic E-state index is 9.79. The highest BCUT2D eigenvalue weighted by Gasteiger charge is 2.12. The molecule has 0 aromatic rings. The number of hydrogen-bond acceptors (Lipinski definition) is 3. The van der Waals surface area contributed by atoms with Crippen molar-refractivity contribution in [2.75, 3.05) is 32.7 Å². The van der Waals surface area contributed by atoms with Gasteiger partial charge in [-0.05, 0) is 32.5 Å². The normalized spacial score (nSPS) is 22.0. The van der Waals surface area contributed by atoms with Crippen LogP contribution in [0.1, 0.15) is 39.0 Å². The van der Waals surface area contributed by atoms with Crippen LogP contribution in [0.2, 0.25) is 0 Å². The molecule has 1 fully saturated rings. The molecule has 3 nitrogen and oxygen atoms in total. The standard InChI is InChI=1S/C12H26N2O/c1-2-13-10-12(15)11-14-8-6-4-3-5-7-9-14/h12-13,15H,2-11H2,1H3. The molecule has 3 heteroatoms. The SMILES string of the molecule is CCNCC(O)CN1CCCCCCC1. The first kappa shape index (κ1) is 12.9. The molecule has 0 amide bonds. The minimum Gasteiger partial charge on any atom is -0.390 e. The van der Waals surface area contributed by atoms with Crippen LogP contribution >= 0.6 is 0 Å². The lowest BCUT2D eigenvalue weighted by atomic mass is 10.1. The second kappa shape index (κ2) is 8.08. The highest BCUT2D eigenvalue weighted by atomic mass is 16.3. The fourth-order valence-electron chi connectivity index (χ4n) is 2.17. The fourth-order valence-corrected chi connectivity index (χ4v) is 2.17. The summed E-state index contributed by atoms with van der Waals surface area (Å²) in [5.41, 5.74) is 0. The summed E-state index contributed by atoms with van der Waals surface area (Å²) >= 11 is 0. The molecule has 1 heterocycles. The van der Waals surface area contributed by atoms with Gasteiger partial charge in [0, 0.05) is 13.1 Å². The first-order valence-corrected chi connectivity index (χ1v) is 6.44. The Labute approximate surface area is 93.9 Å². The number of likely N-dealkylation sites (N-methyl/N-ethyl adjacent to an activating group) is 1. The zero-order chi connectivity index (χ0) is 10.9. The van der Waals surface area contributed by atoms with Gasteiger partial charge in [0.1, 0.15) is 0 Å². The number of aliphatic hydroxyl groups excluding tert-OH is 1. The Bertz CT molecular complexity index is 145. The molecule has 1 unspecified atom stereocenters. The van der Waals surface area contributed by atoms with Crippen LogP contribution in [0.4, 0.5) is 0 Å². The van der Waals surface area contributed by atoms with Crippen molar-refractivity contribution in [1.29, 1.82) is 0 Å². The number of hydrogen-bond donors (Lipinski definition) is 2. The van der Waals surface area contributed by atoms with Crippen LogP contribution in [0.3, 0.4) is 0 Å². The summed E-state index contributed by atoms with van der Waals surface area (Å²) in [5, 5.41) is 13.0. The van der Waals surface area contributed by atoms with Gasteiger partial charge in [-0.3, -0.25) is 0 Å². The van der Waals surface area contributed by atoms with E-state index in [1.165, 1.54) is 45.2 Å². The number of β-amino-alcohol motifs (C(OH)–C–C–N with tert-alkyl or cyclic N) is 1. The van der Waals surface area contributed by atoms with Crippen molar-refractivity contribution in [3.63, 3.8) is 0 Å². The Kier molecular flexibility index (Phi) is 6.98. The summed E-state index contributed by atoms with van der Waals surface area (Å²) < 4.78 is 0. The molecule has 0 bridgehead atoms. The van der Waals surface area contributed by atoms with Crippen LogP contribution in [-0.2, 0) is 0 Å². The highest BCUT2D eigenvalue weighted by Crippen LogP contribution is 2.10. The van der Waals surface area contributed by atoms with Gasteiger partial charge in [-0.2, -0.15) is 0 Å². The van der Waals surface area contributed by atoms with Crippen molar-refractivity contribution in [3.8, 4) is 0 Å². The minimum absolute atomic E-state index is 0.204. The maximum Gasteiger partial charge on any atom is 0.0791 e. The van der Waals surface area contributed by atoms with Crippen LogP contribution in [0.25, 0.3) is 0 Å². The highest BCUT2D eigenvalue weighted by molar-refractivity contribution is 4.68. The van der Waals surface area contributed by atoms with Gasteiger partial charge in [0.05, 0.1) is 6.10 Å². The van der Waals surface area contributed by atoms with Gasteiger partial charge >= 0.3 is 0 Å². The van der Waals surface area contributed by atoms with Crippen LogP contribution in [-0.4, -0.2) is 48.8 Å². The number of nitrogens with zero attached hydrogens (tertiary/aromatic N) is 1. The zero-order valence-corrected chi connectivity index (χ0v) is 10.0. The molecule has 1 aliphatic rings. The first-order valence-electron chi connectivity index (χ1n) is 6.44. The number of aliphatic hydroxyl groups is 1. The molecule has 0 aromatic heterocycles. The zero-order valence-electron chi connectivity index (χ0n) is 10.0. The lowest BCUT2D eigenvalue weighted by molar-refractivity contribution is 0.107. The van der Waals surface area contributed by atoms with Gasteiger partial charge in [-0.1, -0.05) is 26.2 Å². The van der Waals surface area contributed by atoms with E-state index in [4.69, 9.17) is 0 Å². The van der Waals surface area contributed by atoms with Crippen molar-refractivity contribution in [1.82, 2.24) is 10.2 Å². The summed E-state index contributed by atoms with van der Waals surface area (Å²) in [6.45, 7) is 6.92. The Morgan fingerprint density at radius 2 is 1.73 bits per heavy atom. The van der Waals surface area contributed by atoms with E-state index in [-0.39, 0.29) is 6.10 Å². The summed E-state index contributed by atoms with van der Waals surface area (Å²) in [7, 11) is 0. The Balaban J connectivity index is 2.16. The number of rotatable bonds is 5. The Hall–Kier alpha value is -0.120. The van der Waals surface area contributed by atoms with Crippen LogP contribution in [0.15, 0.2) is 0 Å². The lowest BCUT2D eigenvalue weighted by Gasteiger charge is -2.26. The molecule has 0 saturated carbocycles. The van der Waals surface area contributed by atoms with Gasteiger partial charge in [-0.15, -0.1) is 0 Å². The molecule has 0 radical (unpaired) electrons. The third-order valence-electron chi connectivity index (χ3n) is 3.05. The molecular weight excluding hydrogens is 188 g/mol. The molecule has 1 aliphatic heterocycles. The lowest BCUT2D eigenvalue weighted by Crippen LogP contribution is -2.39. The topological polar surface area (TPSA) is 35.5 Å². The monoisotopic (exact) mass is 214 g/mol. The molecule has 0 aromatic carbocycles. The predicted molar refractivity (Wildman–Crippen MR) is 64.1 cm³/mol. The Morgan fingerprint density at radius 3 is 2.33 bits per heavy atom. The minimum atomic E-state index is -0.204. The van der Waals surface area contributed by atoms with Crippen molar-refractivity contribution >= 4 is 0 Å². The van der Waals surface area contributed by atoms with Gasteiger partial charge in [-0.25, -0.2) is 0 Å². The van der Waals surface area contributed by atoms with Crippen LogP contribution < -0.4 is 5.32 Å². The predicted octanol–water partition coefficient (Wildman–Crippen LogP) is 1.22. The quantitative estimate of drug-likeness (QED) is 0.722. The summed E-state index contributed by atoms with van der Waals surface area (Å²) in [6, 6.07) is 0. The van der Waals surface area contributed by atoms with Crippen molar-refractivity contribution in [2.24, 2.45) is 0 Å². The molecule has 0 spiro atoms. The molecule has 1 atom stereocenters. The molecule has 0 aliphatic carbocycles. The summed E-state index contributed by atoms with van der Waals surface area (Å²) in [6.07, 6.45) is 6.51. The fraction of sp³-hybridized carbons (Fsp3) is 1.00. The van der Waals surface area contributed by atoms with Crippen molar-refractivity contribution in [3.05, 3.63) is 0 Å². The maximum atomic E-state index is 9.79. The van der Waals surface area contributed by atoms with E-state index in [1.807, 2.05) is 0 Å². The van der Waals surface area contributed by atoms with E-state index in [9.17, 15) is 5.11 Å². The molecule has 1 saturated heterocycles. The van der Waals surface area contributed by atoms with E-state index in [0.29, 0.717) is 0 Å². The van der Waals surface area contributed by atoms with E-state index in [2.05, 4.69) is 17.1 Å². The largest absolute Gasteiger partial charge is 0.390 e. The van der Waals surface area contributed by atoms with Gasteiger partial charge in [0.25, 0.3) is 0 Å². The smallest absolute Gasteiger partial charge is 0.0791 e. The molecule has 2 N–H and O–H groups in total. The van der Waals surface area contributed by atoms with Gasteiger partial charge in [0.15, 0.2) is 0 Å². The second-order valence-corrected chi connectivity index (χ2v) is 4.53. The molecule has 15 heavy (non-hydrogen) atoms. The van der Waals surface area contributed by atoms with E-state index >= 15 is 0 Å². The second-order valence-electron chi connectivity index (χ2n) is 4.53. The average Bonchev–Trinajstić information content (AvgIpc) is 2.19. The van der Waals surface area contributed by atoms with Crippen molar-refractivity contribution < 1.29 is 5.11 Å². The van der Waals surface area contributed by atoms with Gasteiger partial charge < -0.3 is 15.3 Å². The number of nitrogens with one attached hydrogen (secondary N) is 1. The third-order valence-corrected chi connectivity index (χ3v) is 3.05. The van der Waals surface area contributed by atoms with Crippen molar-refractivity contribution in [2.45, 2.75) is 45.1 Å². The summed E-state index contributed by atoms with van der Waals surface area (Å²) in [5.74, 6) is 0. The third kappa shape index (κ3) is 6.13.